The second-order valence-corrected chi connectivity index (χ2v) is 7.14. The number of nitrogens with one attached hydrogen (secondary N) is 3. The van der Waals surface area contributed by atoms with E-state index in [1.165, 1.54) is 0 Å². The van der Waals surface area contributed by atoms with Crippen molar-refractivity contribution in [3.8, 4) is 0 Å². The van der Waals surface area contributed by atoms with Gasteiger partial charge in [-0.1, -0.05) is 55.5 Å². The van der Waals surface area contributed by atoms with Gasteiger partial charge in [0.25, 0.3) is 0 Å². The Bertz CT molecular complexity index is 952. The third-order valence-electron chi connectivity index (χ3n) is 4.92. The fourth-order valence-corrected chi connectivity index (χ4v) is 3.08. The number of carbonyl (C=O) groups is 2. The van der Waals surface area contributed by atoms with E-state index in [2.05, 4.69) is 15.6 Å². The first kappa shape index (κ1) is 20.5. The maximum absolute atomic E-state index is 12.8. The number of para-hydroxylation sites is 1. The van der Waals surface area contributed by atoms with Gasteiger partial charge < -0.3 is 20.4 Å². The lowest BCUT2D eigenvalue weighted by Crippen LogP contribution is -2.50. The third-order valence-corrected chi connectivity index (χ3v) is 4.92. The Morgan fingerprint density at radius 1 is 1.03 bits per heavy atom. The summed E-state index contributed by atoms with van der Waals surface area (Å²) >= 11 is 0. The van der Waals surface area contributed by atoms with Gasteiger partial charge in [0.1, 0.15) is 12.6 Å². The van der Waals surface area contributed by atoms with E-state index < -0.39 is 12.1 Å². The zero-order valence-electron chi connectivity index (χ0n) is 16.8. The molecule has 29 heavy (non-hydrogen) atoms. The van der Waals surface area contributed by atoms with Crippen LogP contribution in [0.5, 0.6) is 0 Å². The molecule has 0 radical (unpaired) electrons. The van der Waals surface area contributed by atoms with E-state index in [0.717, 1.165) is 28.5 Å². The summed E-state index contributed by atoms with van der Waals surface area (Å²) in [6, 6.07) is 16.6. The van der Waals surface area contributed by atoms with Gasteiger partial charge in [0, 0.05) is 29.6 Å². The fourth-order valence-electron chi connectivity index (χ4n) is 3.08. The highest BCUT2D eigenvalue weighted by molar-refractivity contribution is 5.88. The maximum atomic E-state index is 12.8. The highest BCUT2D eigenvalue weighted by atomic mass is 16.5. The number of hydrogen-bond donors (Lipinski definition) is 3. The lowest BCUT2D eigenvalue weighted by Gasteiger charge is -2.20. The highest BCUT2D eigenvalue weighted by Gasteiger charge is 2.24. The van der Waals surface area contributed by atoms with Crippen molar-refractivity contribution in [3.63, 3.8) is 0 Å². The minimum Gasteiger partial charge on any atom is -0.445 e. The van der Waals surface area contributed by atoms with Crippen LogP contribution in [0, 0.1) is 0 Å². The van der Waals surface area contributed by atoms with Gasteiger partial charge in [0.2, 0.25) is 5.91 Å². The monoisotopic (exact) mass is 393 g/mol. The molecule has 0 unspecified atom stereocenters. The topological polar surface area (TPSA) is 83.2 Å². The molecule has 0 aliphatic carbocycles. The lowest BCUT2D eigenvalue weighted by atomic mass is 10.0. The summed E-state index contributed by atoms with van der Waals surface area (Å²) in [6.07, 6.45) is 2.44. The number of carbonyl (C=O) groups excluding carboxylic acids is 2. The van der Waals surface area contributed by atoms with Crippen molar-refractivity contribution in [3.05, 3.63) is 71.9 Å². The maximum Gasteiger partial charge on any atom is 0.408 e. The molecule has 3 aromatic rings. The van der Waals surface area contributed by atoms with Gasteiger partial charge in [0.05, 0.1) is 0 Å². The number of aromatic amines is 1. The predicted molar refractivity (Wildman–Crippen MR) is 113 cm³/mol. The molecule has 0 bridgehead atoms. The molecule has 6 nitrogen and oxygen atoms in total. The van der Waals surface area contributed by atoms with Crippen molar-refractivity contribution in [2.24, 2.45) is 0 Å². The standard InChI is InChI=1S/C23H27N3O3/c1-3-16(2)25-22(27)21(13-18-14-24-20-12-8-7-11-19(18)20)26-23(28)29-15-17-9-5-4-6-10-17/h4-12,14,16,21,24H,3,13,15H2,1-2H3,(H,25,27)(H,26,28)/t16-,21+/m1/s1. The van der Waals surface area contributed by atoms with Crippen LogP contribution in [0.2, 0.25) is 0 Å². The zero-order valence-corrected chi connectivity index (χ0v) is 16.8. The van der Waals surface area contributed by atoms with Gasteiger partial charge in [-0.25, -0.2) is 4.79 Å². The van der Waals surface area contributed by atoms with E-state index in [1.807, 2.05) is 74.6 Å². The molecule has 3 N–H and O–H groups in total. The summed E-state index contributed by atoms with van der Waals surface area (Å²) in [7, 11) is 0. The van der Waals surface area contributed by atoms with Crippen LogP contribution in [0.25, 0.3) is 10.9 Å². The second-order valence-electron chi connectivity index (χ2n) is 7.14. The molecule has 0 fully saturated rings. The molecule has 1 heterocycles. The molecule has 0 spiro atoms. The van der Waals surface area contributed by atoms with Crippen molar-refractivity contribution < 1.29 is 14.3 Å². The van der Waals surface area contributed by atoms with Crippen LogP contribution in [0.15, 0.2) is 60.8 Å². The molecule has 2 atom stereocenters. The molecule has 2 aromatic carbocycles. The van der Waals surface area contributed by atoms with Crippen LogP contribution in [0.3, 0.4) is 0 Å². The molecule has 6 heteroatoms. The van der Waals surface area contributed by atoms with E-state index in [4.69, 9.17) is 4.74 Å². The summed E-state index contributed by atoms with van der Waals surface area (Å²) in [4.78, 5) is 28.4. The normalized spacial score (nSPS) is 12.9. The number of rotatable bonds is 8. The van der Waals surface area contributed by atoms with Crippen LogP contribution in [0.1, 0.15) is 31.4 Å². The summed E-state index contributed by atoms with van der Waals surface area (Å²) < 4.78 is 5.31. The van der Waals surface area contributed by atoms with Crippen molar-refractivity contribution in [2.75, 3.05) is 0 Å². The fraction of sp³-hybridized carbons (Fsp3) is 0.304. The molecule has 3 rings (SSSR count). The van der Waals surface area contributed by atoms with Crippen molar-refractivity contribution in [1.82, 2.24) is 15.6 Å². The van der Waals surface area contributed by atoms with Gasteiger partial charge in [-0.15, -0.1) is 0 Å². The number of benzene rings is 2. The van der Waals surface area contributed by atoms with Crippen LogP contribution in [-0.2, 0) is 22.6 Å². The zero-order chi connectivity index (χ0) is 20.6. The van der Waals surface area contributed by atoms with E-state index in [1.54, 1.807) is 0 Å². The van der Waals surface area contributed by atoms with Crippen molar-refractivity contribution >= 4 is 22.9 Å². The Hall–Kier alpha value is -3.28. The number of fused-ring (bicyclic) bond motifs is 1. The quantitative estimate of drug-likeness (QED) is 0.542. The van der Waals surface area contributed by atoms with Crippen LogP contribution >= 0.6 is 0 Å². The third kappa shape index (κ3) is 5.60. The summed E-state index contributed by atoms with van der Waals surface area (Å²) in [6.45, 7) is 4.09. The molecule has 0 aliphatic heterocycles. The average molecular weight is 393 g/mol. The van der Waals surface area contributed by atoms with E-state index in [9.17, 15) is 9.59 Å². The highest BCUT2D eigenvalue weighted by Crippen LogP contribution is 2.19. The molecule has 1 aromatic heterocycles. The lowest BCUT2D eigenvalue weighted by molar-refractivity contribution is -0.123. The number of amides is 2. The molecule has 0 aliphatic rings. The van der Waals surface area contributed by atoms with Crippen LogP contribution in [-0.4, -0.2) is 29.1 Å². The number of hydrogen-bond acceptors (Lipinski definition) is 3. The molecular weight excluding hydrogens is 366 g/mol. The average Bonchev–Trinajstić information content (AvgIpc) is 3.15. The SMILES string of the molecule is CC[C@@H](C)NC(=O)[C@H](Cc1c[nH]c2ccccc12)NC(=O)OCc1ccccc1. The Morgan fingerprint density at radius 3 is 2.52 bits per heavy atom. The Morgan fingerprint density at radius 2 is 1.76 bits per heavy atom. The summed E-state index contributed by atoms with van der Waals surface area (Å²) in [5, 5.41) is 6.72. The number of alkyl carbamates (subject to hydrolysis) is 1. The molecule has 0 saturated heterocycles. The number of aromatic nitrogens is 1. The Balaban J connectivity index is 1.70. The van der Waals surface area contributed by atoms with E-state index in [-0.39, 0.29) is 18.6 Å². The van der Waals surface area contributed by atoms with Gasteiger partial charge in [-0.3, -0.25) is 4.79 Å². The minimum absolute atomic E-state index is 0.0232. The van der Waals surface area contributed by atoms with Gasteiger partial charge in [0.15, 0.2) is 0 Å². The first-order chi connectivity index (χ1) is 14.1. The van der Waals surface area contributed by atoms with Crippen molar-refractivity contribution in [1.29, 1.82) is 0 Å². The largest absolute Gasteiger partial charge is 0.445 e. The number of H-pyrrole nitrogens is 1. The first-order valence-corrected chi connectivity index (χ1v) is 9.89. The van der Waals surface area contributed by atoms with Gasteiger partial charge in [-0.2, -0.15) is 0 Å². The molecular formula is C23H27N3O3. The van der Waals surface area contributed by atoms with Crippen molar-refractivity contribution in [2.45, 2.75) is 45.4 Å². The smallest absolute Gasteiger partial charge is 0.408 e. The Labute approximate surface area is 170 Å². The second kappa shape index (κ2) is 9.78. The summed E-state index contributed by atoms with van der Waals surface area (Å²) in [5.74, 6) is -0.221. The van der Waals surface area contributed by atoms with Gasteiger partial charge >= 0.3 is 6.09 Å². The van der Waals surface area contributed by atoms with E-state index >= 15 is 0 Å². The first-order valence-electron chi connectivity index (χ1n) is 9.89. The minimum atomic E-state index is -0.730. The Kier molecular flexibility index (Phi) is 6.89. The predicted octanol–water partition coefficient (Wildman–Crippen LogP) is 3.92. The summed E-state index contributed by atoms with van der Waals surface area (Å²) in [5.41, 5.74) is 2.85. The number of ether oxygens (including phenoxy) is 1. The molecule has 2 amide bonds. The van der Waals surface area contributed by atoms with E-state index in [0.29, 0.717) is 6.42 Å². The van der Waals surface area contributed by atoms with Gasteiger partial charge in [-0.05, 0) is 30.5 Å². The molecule has 0 saturated carbocycles. The van der Waals surface area contributed by atoms with Crippen LogP contribution in [0.4, 0.5) is 4.79 Å². The molecule has 152 valence electrons. The van der Waals surface area contributed by atoms with Crippen LogP contribution < -0.4 is 10.6 Å².